The lowest BCUT2D eigenvalue weighted by atomic mass is 10.1. The van der Waals surface area contributed by atoms with E-state index in [1.54, 1.807) is 55.5 Å². The first-order valence-corrected chi connectivity index (χ1v) is 10.6. The molecule has 0 atom stereocenters. The van der Waals surface area contributed by atoms with Crippen LogP contribution in [0.4, 0.5) is 5.69 Å². The van der Waals surface area contributed by atoms with Gasteiger partial charge in [0.15, 0.2) is 0 Å². The van der Waals surface area contributed by atoms with Gasteiger partial charge in [0, 0.05) is 0 Å². The van der Waals surface area contributed by atoms with Crippen LogP contribution in [0.5, 0.6) is 5.75 Å². The number of hydrogen-bond donors (Lipinski definition) is 0. The molecule has 1 aliphatic rings. The largest absolute Gasteiger partial charge is 0.379 e. The molecule has 4 rings (SSSR count). The first-order valence-electron chi connectivity index (χ1n) is 9.20. The van der Waals surface area contributed by atoms with Crippen LogP contribution in [0.3, 0.4) is 0 Å². The van der Waals surface area contributed by atoms with E-state index in [4.69, 9.17) is 4.18 Å². The van der Waals surface area contributed by atoms with E-state index in [9.17, 15) is 13.2 Å². The van der Waals surface area contributed by atoms with Crippen molar-refractivity contribution in [2.45, 2.75) is 11.8 Å². The van der Waals surface area contributed by atoms with Crippen LogP contribution in [0.25, 0.3) is 6.08 Å². The van der Waals surface area contributed by atoms with Gasteiger partial charge in [-0.25, -0.2) is 0 Å². The second-order valence-corrected chi connectivity index (χ2v) is 8.16. The Morgan fingerprint density at radius 3 is 2.10 bits per heavy atom. The van der Waals surface area contributed by atoms with E-state index in [0.717, 1.165) is 5.56 Å². The van der Waals surface area contributed by atoms with E-state index in [-0.39, 0.29) is 16.6 Å². The molecular weight excluding hydrogens is 400 g/mol. The van der Waals surface area contributed by atoms with Gasteiger partial charge in [0.2, 0.25) is 0 Å². The monoisotopic (exact) mass is 418 g/mol. The normalized spacial score (nSPS) is 15.4. The molecule has 0 bridgehead atoms. The Bertz CT molecular complexity index is 1230. The highest BCUT2D eigenvalue weighted by molar-refractivity contribution is 7.87. The van der Waals surface area contributed by atoms with E-state index in [1.807, 2.05) is 30.3 Å². The number of amides is 1. The zero-order valence-corrected chi connectivity index (χ0v) is 16.9. The number of nitrogens with zero attached hydrogens (tertiary/aromatic N) is 2. The molecule has 0 N–H and O–H groups in total. The lowest BCUT2D eigenvalue weighted by Crippen LogP contribution is -2.21. The van der Waals surface area contributed by atoms with Gasteiger partial charge < -0.3 is 4.18 Å². The van der Waals surface area contributed by atoms with Gasteiger partial charge in [-0.2, -0.15) is 18.5 Å². The summed E-state index contributed by atoms with van der Waals surface area (Å²) in [4.78, 5) is 12.9. The van der Waals surface area contributed by atoms with Crippen molar-refractivity contribution in [2.75, 3.05) is 5.01 Å². The lowest BCUT2D eigenvalue weighted by molar-refractivity contribution is -0.114. The molecule has 1 amide bonds. The fourth-order valence-corrected chi connectivity index (χ4v) is 3.93. The summed E-state index contributed by atoms with van der Waals surface area (Å²) in [6.45, 7) is 1.77. The molecule has 6 nitrogen and oxygen atoms in total. The Labute approximate surface area is 174 Å². The van der Waals surface area contributed by atoms with Crippen molar-refractivity contribution in [2.24, 2.45) is 5.10 Å². The van der Waals surface area contributed by atoms with Crippen molar-refractivity contribution in [1.82, 2.24) is 0 Å². The Hall–Kier alpha value is -3.71. The molecule has 0 saturated heterocycles. The fraction of sp³-hybridized carbons (Fsp3) is 0.0435. The van der Waals surface area contributed by atoms with Crippen molar-refractivity contribution < 1.29 is 17.4 Å². The van der Waals surface area contributed by atoms with Gasteiger partial charge in [-0.1, -0.05) is 48.5 Å². The first kappa shape index (κ1) is 19.6. The van der Waals surface area contributed by atoms with Crippen LogP contribution in [-0.2, 0) is 14.9 Å². The summed E-state index contributed by atoms with van der Waals surface area (Å²) < 4.78 is 29.8. The quantitative estimate of drug-likeness (QED) is 0.458. The van der Waals surface area contributed by atoms with Crippen LogP contribution >= 0.6 is 0 Å². The molecule has 3 aromatic rings. The van der Waals surface area contributed by atoms with E-state index in [1.165, 1.54) is 17.1 Å². The second kappa shape index (κ2) is 7.96. The maximum absolute atomic E-state index is 12.8. The Balaban J connectivity index is 1.53. The minimum Gasteiger partial charge on any atom is -0.379 e. The van der Waals surface area contributed by atoms with Gasteiger partial charge in [0.05, 0.1) is 17.0 Å². The Morgan fingerprint density at radius 1 is 0.867 bits per heavy atom. The number of carbonyl (C=O) groups is 1. The molecule has 7 heteroatoms. The molecule has 1 heterocycles. The van der Waals surface area contributed by atoms with Gasteiger partial charge >= 0.3 is 10.1 Å². The SMILES string of the molecule is CC1=NN(c2ccccc2)C(=O)C1=Cc1ccc(OS(=O)(=O)c2ccccc2)cc1. The molecule has 0 aliphatic carbocycles. The molecule has 1 aliphatic heterocycles. The standard InChI is InChI=1S/C23H18N2O4S/c1-17-22(23(26)25(24-17)19-8-4-2-5-9-19)16-18-12-14-20(15-13-18)29-30(27,28)21-10-6-3-7-11-21/h2-16H,1H3. The Kier molecular flexibility index (Phi) is 5.20. The van der Waals surface area contributed by atoms with Gasteiger partial charge in [-0.05, 0) is 55.0 Å². The molecule has 150 valence electrons. The number of hydrazone groups is 1. The van der Waals surface area contributed by atoms with Crippen LogP contribution in [0.1, 0.15) is 12.5 Å². The molecular formula is C23H18N2O4S. The third kappa shape index (κ3) is 4.01. The van der Waals surface area contributed by atoms with Crippen molar-refractivity contribution in [1.29, 1.82) is 0 Å². The van der Waals surface area contributed by atoms with E-state index in [2.05, 4.69) is 5.10 Å². The van der Waals surface area contributed by atoms with Gasteiger partial charge in [0.25, 0.3) is 5.91 Å². The van der Waals surface area contributed by atoms with Crippen LogP contribution in [0.2, 0.25) is 0 Å². The summed E-state index contributed by atoms with van der Waals surface area (Å²) in [6, 6.07) is 23.6. The van der Waals surface area contributed by atoms with Crippen LogP contribution < -0.4 is 9.19 Å². The highest BCUT2D eigenvalue weighted by Gasteiger charge is 2.28. The highest BCUT2D eigenvalue weighted by Crippen LogP contribution is 2.25. The molecule has 0 spiro atoms. The number of anilines is 1. The summed E-state index contributed by atoms with van der Waals surface area (Å²) >= 11 is 0. The molecule has 0 radical (unpaired) electrons. The average Bonchev–Trinajstić information content (AvgIpc) is 3.04. The number of benzene rings is 3. The third-order valence-electron chi connectivity index (χ3n) is 4.49. The molecule has 30 heavy (non-hydrogen) atoms. The maximum Gasteiger partial charge on any atom is 0.339 e. The van der Waals surface area contributed by atoms with Crippen LogP contribution in [0.15, 0.2) is 100 Å². The average molecular weight is 418 g/mol. The predicted molar refractivity (Wildman–Crippen MR) is 116 cm³/mol. The summed E-state index contributed by atoms with van der Waals surface area (Å²) in [7, 11) is -3.90. The van der Waals surface area contributed by atoms with Crippen molar-refractivity contribution in [3.63, 3.8) is 0 Å². The van der Waals surface area contributed by atoms with E-state index in [0.29, 0.717) is 17.0 Å². The van der Waals surface area contributed by atoms with Gasteiger partial charge in [-0.3, -0.25) is 4.79 Å². The predicted octanol–water partition coefficient (Wildman–Crippen LogP) is 4.26. The van der Waals surface area contributed by atoms with E-state index < -0.39 is 10.1 Å². The number of hydrogen-bond acceptors (Lipinski definition) is 5. The fourth-order valence-electron chi connectivity index (χ4n) is 2.98. The number of carbonyl (C=O) groups excluding carboxylic acids is 1. The minimum atomic E-state index is -3.90. The van der Waals surface area contributed by atoms with Crippen molar-refractivity contribution in [3.05, 3.63) is 96.1 Å². The van der Waals surface area contributed by atoms with Crippen LogP contribution in [0, 0.1) is 0 Å². The molecule has 3 aromatic carbocycles. The zero-order chi connectivity index (χ0) is 21.1. The zero-order valence-electron chi connectivity index (χ0n) is 16.1. The topological polar surface area (TPSA) is 76.0 Å². The van der Waals surface area contributed by atoms with Gasteiger partial charge in [0.1, 0.15) is 10.6 Å². The van der Waals surface area contributed by atoms with Gasteiger partial charge in [-0.15, -0.1) is 0 Å². The second-order valence-electron chi connectivity index (χ2n) is 6.62. The summed E-state index contributed by atoms with van der Waals surface area (Å²) in [6.07, 6.45) is 1.72. The van der Waals surface area contributed by atoms with Crippen molar-refractivity contribution >= 4 is 33.5 Å². The van der Waals surface area contributed by atoms with Crippen molar-refractivity contribution in [3.8, 4) is 5.75 Å². The third-order valence-corrected chi connectivity index (χ3v) is 5.75. The minimum absolute atomic E-state index is 0.0839. The molecule has 0 saturated carbocycles. The highest BCUT2D eigenvalue weighted by atomic mass is 32.2. The van der Waals surface area contributed by atoms with Crippen LogP contribution in [-0.4, -0.2) is 20.0 Å². The maximum atomic E-state index is 12.8. The summed E-state index contributed by atoms with van der Waals surface area (Å²) in [5.41, 5.74) is 2.51. The van der Waals surface area contributed by atoms with E-state index >= 15 is 0 Å². The molecule has 0 aromatic heterocycles. The smallest absolute Gasteiger partial charge is 0.339 e. The number of para-hydroxylation sites is 1. The lowest BCUT2D eigenvalue weighted by Gasteiger charge is -2.11. The number of rotatable bonds is 5. The Morgan fingerprint density at radius 2 is 1.47 bits per heavy atom. The summed E-state index contributed by atoms with van der Waals surface area (Å²) in [5, 5.41) is 5.71. The first-order chi connectivity index (χ1) is 14.4. The molecule has 0 fully saturated rings. The summed E-state index contributed by atoms with van der Waals surface area (Å²) in [5.74, 6) is -0.0271. The molecule has 0 unspecified atom stereocenters.